The molecule has 0 saturated carbocycles. The lowest BCUT2D eigenvalue weighted by Gasteiger charge is -2.24. The van der Waals surface area contributed by atoms with Crippen LogP contribution in [-0.2, 0) is 4.79 Å². The number of carbonyl (C=O) groups excluding carboxylic acids is 2. The molecule has 0 radical (unpaired) electrons. The van der Waals surface area contributed by atoms with Gasteiger partial charge < -0.3 is 0 Å². The van der Waals surface area contributed by atoms with Crippen LogP contribution >= 0.6 is 15.9 Å². The number of halogens is 1. The van der Waals surface area contributed by atoms with Crippen molar-refractivity contribution in [2.24, 2.45) is 10.4 Å². The number of aliphatic imine (C=N–C) groups is 1. The first-order valence-electron chi connectivity index (χ1n) is 3.22. The van der Waals surface area contributed by atoms with Gasteiger partial charge in [0.2, 0.25) is 5.91 Å². The molecule has 1 aliphatic heterocycles. The van der Waals surface area contributed by atoms with E-state index in [4.69, 9.17) is 0 Å². The summed E-state index contributed by atoms with van der Waals surface area (Å²) in [5, 5.41) is 2.08. The molecule has 1 N–H and O–H groups in total. The fourth-order valence-electron chi connectivity index (χ4n) is 0.699. The van der Waals surface area contributed by atoms with Crippen LogP contribution in [0.4, 0.5) is 4.79 Å². The van der Waals surface area contributed by atoms with Crippen molar-refractivity contribution in [1.82, 2.24) is 5.32 Å². The van der Waals surface area contributed by atoms with E-state index in [0.717, 1.165) is 0 Å². The number of rotatable bonds is 1. The average Bonchev–Trinajstić information content (AvgIpc) is 1.97. The van der Waals surface area contributed by atoms with Crippen molar-refractivity contribution in [2.75, 3.05) is 0 Å². The Hall–Kier alpha value is -0.970. The van der Waals surface area contributed by atoms with Crippen LogP contribution in [0, 0.1) is 5.41 Å². The Morgan fingerprint density at radius 1 is 1.75 bits per heavy atom. The second kappa shape index (κ2) is 2.82. The number of amides is 3. The van der Waals surface area contributed by atoms with Crippen molar-refractivity contribution in [3.8, 4) is 0 Å². The molecule has 12 heavy (non-hydrogen) atoms. The van der Waals surface area contributed by atoms with Crippen LogP contribution in [-0.4, -0.2) is 18.2 Å². The maximum absolute atomic E-state index is 11.3. The van der Waals surface area contributed by atoms with Crippen molar-refractivity contribution in [3.05, 3.63) is 11.1 Å². The highest BCUT2D eigenvalue weighted by Crippen LogP contribution is 2.29. The fraction of sp³-hybridized carbons (Fsp3) is 0.286. The van der Waals surface area contributed by atoms with Crippen molar-refractivity contribution in [3.63, 3.8) is 0 Å². The summed E-state index contributed by atoms with van der Waals surface area (Å²) >= 11 is 3.09. The minimum absolute atomic E-state index is 0.413. The highest BCUT2D eigenvalue weighted by Gasteiger charge is 2.37. The van der Waals surface area contributed by atoms with E-state index in [0.29, 0.717) is 4.48 Å². The number of hydrogen-bond donors (Lipinski definition) is 1. The first kappa shape index (κ1) is 9.12. The highest BCUT2D eigenvalue weighted by molar-refractivity contribution is 9.11. The second-order valence-corrected chi connectivity index (χ2v) is 3.58. The summed E-state index contributed by atoms with van der Waals surface area (Å²) in [6.45, 7) is 5.20. The van der Waals surface area contributed by atoms with Gasteiger partial charge in [0.15, 0.2) is 0 Å². The minimum Gasteiger partial charge on any atom is -0.275 e. The molecule has 64 valence electrons. The first-order valence-corrected chi connectivity index (χ1v) is 4.01. The largest absolute Gasteiger partial charge is 0.347 e. The second-order valence-electron chi connectivity index (χ2n) is 2.62. The molecule has 0 fully saturated rings. The van der Waals surface area contributed by atoms with Crippen LogP contribution in [0.15, 0.2) is 16.1 Å². The number of nitrogens with one attached hydrogen (secondary N) is 1. The Labute approximate surface area is 77.9 Å². The SMILES string of the molecule is C=C(Br)[C@]1(C)C=NC(=O)NC1=O. The summed E-state index contributed by atoms with van der Waals surface area (Å²) in [7, 11) is 0. The molecule has 3 amide bonds. The third kappa shape index (κ3) is 1.32. The Morgan fingerprint density at radius 2 is 2.33 bits per heavy atom. The fourth-order valence-corrected chi connectivity index (χ4v) is 0.981. The van der Waals surface area contributed by atoms with E-state index in [1.165, 1.54) is 6.21 Å². The Balaban J connectivity index is 3.07. The van der Waals surface area contributed by atoms with Gasteiger partial charge in [-0.15, -0.1) is 0 Å². The average molecular weight is 231 g/mol. The molecule has 0 aliphatic carbocycles. The summed E-state index contributed by atoms with van der Waals surface area (Å²) in [5.74, 6) is -0.413. The number of nitrogens with zero attached hydrogens (tertiary/aromatic N) is 1. The van der Waals surface area contributed by atoms with E-state index in [-0.39, 0.29) is 0 Å². The summed E-state index contributed by atoms with van der Waals surface area (Å²) in [4.78, 5) is 25.3. The van der Waals surface area contributed by atoms with Gasteiger partial charge in [0.05, 0.1) is 0 Å². The predicted molar refractivity (Wildman–Crippen MR) is 48.2 cm³/mol. The molecule has 0 bridgehead atoms. The molecule has 0 unspecified atom stereocenters. The summed E-state index contributed by atoms with van der Waals surface area (Å²) in [5.41, 5.74) is -0.923. The summed E-state index contributed by atoms with van der Waals surface area (Å²) in [6.07, 6.45) is 1.28. The van der Waals surface area contributed by atoms with Crippen molar-refractivity contribution in [2.45, 2.75) is 6.92 Å². The lowest BCUT2D eigenvalue weighted by Crippen LogP contribution is -2.46. The molecule has 0 aromatic heterocycles. The Kier molecular flexibility index (Phi) is 2.14. The van der Waals surface area contributed by atoms with Gasteiger partial charge >= 0.3 is 6.03 Å². The van der Waals surface area contributed by atoms with E-state index < -0.39 is 17.4 Å². The molecule has 0 aromatic rings. The highest BCUT2D eigenvalue weighted by atomic mass is 79.9. The maximum Gasteiger partial charge on any atom is 0.347 e. The molecular weight excluding hydrogens is 224 g/mol. The third-order valence-electron chi connectivity index (χ3n) is 1.70. The summed E-state index contributed by atoms with van der Waals surface area (Å²) < 4.78 is 0.476. The molecule has 4 nitrogen and oxygen atoms in total. The zero-order valence-corrected chi connectivity index (χ0v) is 8.01. The summed E-state index contributed by atoms with van der Waals surface area (Å²) in [6, 6.07) is -0.633. The molecule has 0 spiro atoms. The number of urea groups is 1. The van der Waals surface area contributed by atoms with Crippen LogP contribution in [0.1, 0.15) is 6.92 Å². The van der Waals surface area contributed by atoms with Crippen molar-refractivity contribution >= 4 is 34.1 Å². The van der Waals surface area contributed by atoms with Crippen LogP contribution in [0.2, 0.25) is 0 Å². The maximum atomic E-state index is 11.3. The van der Waals surface area contributed by atoms with Gasteiger partial charge in [-0.2, -0.15) is 0 Å². The Morgan fingerprint density at radius 3 is 2.75 bits per heavy atom. The molecule has 0 aromatic carbocycles. The molecule has 5 heteroatoms. The van der Waals surface area contributed by atoms with Gasteiger partial charge in [-0.25, -0.2) is 9.79 Å². The van der Waals surface area contributed by atoms with E-state index >= 15 is 0 Å². The van der Waals surface area contributed by atoms with E-state index in [1.807, 2.05) is 0 Å². The smallest absolute Gasteiger partial charge is 0.275 e. The molecule has 1 aliphatic rings. The number of hydrogen-bond acceptors (Lipinski definition) is 2. The van der Waals surface area contributed by atoms with Crippen LogP contribution in [0.3, 0.4) is 0 Å². The van der Waals surface area contributed by atoms with Crippen LogP contribution < -0.4 is 5.32 Å². The standard InChI is InChI=1S/C7H7BrN2O2/c1-4(8)7(2)3-9-6(12)10-5(7)11/h3H,1H2,2H3,(H,10,11,12)/t7-/m0/s1. The van der Waals surface area contributed by atoms with Crippen LogP contribution in [0.5, 0.6) is 0 Å². The minimum atomic E-state index is -0.923. The molecule has 0 saturated heterocycles. The van der Waals surface area contributed by atoms with Gasteiger partial charge in [0.1, 0.15) is 5.41 Å². The molecule has 1 heterocycles. The van der Waals surface area contributed by atoms with Gasteiger partial charge in [-0.05, 0) is 6.92 Å². The Bertz CT molecular complexity index is 298. The number of imide groups is 1. The monoisotopic (exact) mass is 230 g/mol. The van der Waals surface area contributed by atoms with Gasteiger partial charge in [-0.1, -0.05) is 22.5 Å². The van der Waals surface area contributed by atoms with Gasteiger partial charge in [0.25, 0.3) is 0 Å². The van der Waals surface area contributed by atoms with Crippen molar-refractivity contribution in [1.29, 1.82) is 0 Å². The van der Waals surface area contributed by atoms with E-state index in [9.17, 15) is 9.59 Å². The van der Waals surface area contributed by atoms with E-state index in [2.05, 4.69) is 32.8 Å². The van der Waals surface area contributed by atoms with Crippen molar-refractivity contribution < 1.29 is 9.59 Å². The molecule has 1 rings (SSSR count). The van der Waals surface area contributed by atoms with E-state index in [1.54, 1.807) is 6.92 Å². The van der Waals surface area contributed by atoms with Crippen LogP contribution in [0.25, 0.3) is 0 Å². The lowest BCUT2D eigenvalue weighted by molar-refractivity contribution is -0.124. The zero-order chi connectivity index (χ0) is 9.35. The predicted octanol–water partition coefficient (Wildman–Crippen LogP) is 1.22. The molecule has 1 atom stereocenters. The number of carbonyl (C=O) groups is 2. The first-order chi connectivity index (χ1) is 5.47. The quantitative estimate of drug-likeness (QED) is 0.737. The topological polar surface area (TPSA) is 58.5 Å². The van der Waals surface area contributed by atoms with Gasteiger partial charge in [0, 0.05) is 10.7 Å². The normalized spacial score (nSPS) is 28.5. The zero-order valence-electron chi connectivity index (χ0n) is 6.43. The van der Waals surface area contributed by atoms with Gasteiger partial charge in [-0.3, -0.25) is 10.1 Å². The third-order valence-corrected chi connectivity index (χ3v) is 2.52. The lowest BCUT2D eigenvalue weighted by atomic mass is 9.90. The molecular formula is C7H7BrN2O2.